The molecule has 0 atom stereocenters. The van der Waals surface area contributed by atoms with Crippen LogP contribution < -0.4 is 9.80 Å². The minimum absolute atomic E-state index is 0.0316. The smallest absolute Gasteiger partial charge is 0.0534 e. The average molecular weight is 821 g/mol. The van der Waals surface area contributed by atoms with Gasteiger partial charge in [0.25, 0.3) is 0 Å². The molecule has 64 heavy (non-hydrogen) atoms. The summed E-state index contributed by atoms with van der Waals surface area (Å²) in [6.45, 7) is 4.79. The second kappa shape index (κ2) is 14.0. The minimum Gasteiger partial charge on any atom is -0.309 e. The molecule has 8 aromatic carbocycles. The molecule has 0 N–H and O–H groups in total. The molecule has 0 unspecified atom stereocenters. The van der Waals surface area contributed by atoms with Crippen molar-refractivity contribution in [2.24, 2.45) is 0 Å². The number of hydrogen-bond acceptors (Lipinski definition) is 2. The fourth-order valence-corrected chi connectivity index (χ4v) is 11.9. The van der Waals surface area contributed by atoms with Crippen molar-refractivity contribution in [3.8, 4) is 22.3 Å². The predicted octanol–water partition coefficient (Wildman–Crippen LogP) is 16.9. The van der Waals surface area contributed by atoms with Crippen LogP contribution in [0.1, 0.15) is 95.2 Å². The first-order chi connectivity index (χ1) is 31.4. The molecule has 13 rings (SSSR count). The molecule has 0 bridgehead atoms. The summed E-state index contributed by atoms with van der Waals surface area (Å²) < 4.78 is 0. The zero-order valence-electron chi connectivity index (χ0n) is 36.4. The minimum atomic E-state index is -0.158. The topological polar surface area (TPSA) is 6.48 Å². The summed E-state index contributed by atoms with van der Waals surface area (Å²) in [7, 11) is 0. The van der Waals surface area contributed by atoms with E-state index in [0.717, 1.165) is 0 Å². The molecular formula is C62H48N2. The molecule has 2 aliphatic heterocycles. The van der Waals surface area contributed by atoms with E-state index < -0.39 is 0 Å². The molecule has 2 nitrogen and oxygen atoms in total. The highest BCUT2D eigenvalue weighted by atomic mass is 15.2. The Balaban J connectivity index is 0.828. The number of para-hydroxylation sites is 4. The number of benzene rings is 8. The Bertz CT molecular complexity index is 3230. The summed E-state index contributed by atoms with van der Waals surface area (Å²) in [6, 6.07) is 63.8. The van der Waals surface area contributed by atoms with E-state index in [9.17, 15) is 0 Å². The Morgan fingerprint density at radius 1 is 0.375 bits per heavy atom. The molecule has 0 aromatic heterocycles. The maximum Gasteiger partial charge on any atom is 0.0534 e. The number of hydrogen-bond donors (Lipinski definition) is 0. The molecule has 0 radical (unpaired) electrons. The molecule has 306 valence electrons. The third-order valence-electron chi connectivity index (χ3n) is 15.1. The van der Waals surface area contributed by atoms with Crippen molar-refractivity contribution in [3.05, 3.63) is 225 Å². The van der Waals surface area contributed by atoms with Gasteiger partial charge < -0.3 is 9.80 Å². The van der Waals surface area contributed by atoms with Gasteiger partial charge in [-0.2, -0.15) is 0 Å². The normalized spacial score (nSPS) is 16.3. The van der Waals surface area contributed by atoms with Gasteiger partial charge in [0.1, 0.15) is 0 Å². The van der Waals surface area contributed by atoms with Crippen molar-refractivity contribution in [3.63, 3.8) is 0 Å². The number of nitrogens with zero attached hydrogens (tertiary/aromatic N) is 2. The van der Waals surface area contributed by atoms with Crippen molar-refractivity contribution in [2.45, 2.75) is 50.4 Å². The Labute approximate surface area is 376 Å². The van der Waals surface area contributed by atoms with Gasteiger partial charge in [0.2, 0.25) is 0 Å². The summed E-state index contributed by atoms with van der Waals surface area (Å²) in [5.41, 5.74) is 25.8. The monoisotopic (exact) mass is 820 g/mol. The van der Waals surface area contributed by atoms with E-state index in [2.05, 4.69) is 230 Å². The summed E-state index contributed by atoms with van der Waals surface area (Å²) in [5.74, 6) is 0. The van der Waals surface area contributed by atoms with Crippen LogP contribution >= 0.6 is 0 Å². The van der Waals surface area contributed by atoms with Crippen molar-refractivity contribution in [1.82, 2.24) is 0 Å². The lowest BCUT2D eigenvalue weighted by Crippen LogP contribution is -2.21. The van der Waals surface area contributed by atoms with Crippen molar-refractivity contribution >= 4 is 70.6 Å². The van der Waals surface area contributed by atoms with E-state index in [1.54, 1.807) is 0 Å². The van der Waals surface area contributed by atoms with Gasteiger partial charge in [0.15, 0.2) is 0 Å². The first kappa shape index (κ1) is 37.2. The van der Waals surface area contributed by atoms with Crippen LogP contribution in [-0.4, -0.2) is 0 Å². The molecule has 2 heterocycles. The Morgan fingerprint density at radius 2 is 0.719 bits per heavy atom. The summed E-state index contributed by atoms with van der Waals surface area (Å²) in [5, 5.41) is 0. The third kappa shape index (κ3) is 5.51. The van der Waals surface area contributed by atoms with Gasteiger partial charge in [0.05, 0.1) is 22.7 Å². The summed E-state index contributed by atoms with van der Waals surface area (Å²) >= 11 is 0. The lowest BCUT2D eigenvalue weighted by Gasteiger charge is -2.30. The van der Waals surface area contributed by atoms with Crippen LogP contribution in [0.4, 0.5) is 34.1 Å². The van der Waals surface area contributed by atoms with Crippen LogP contribution in [0.25, 0.3) is 58.7 Å². The highest BCUT2D eigenvalue weighted by molar-refractivity contribution is 5.96. The van der Waals surface area contributed by atoms with Gasteiger partial charge >= 0.3 is 0 Å². The van der Waals surface area contributed by atoms with Crippen molar-refractivity contribution < 1.29 is 0 Å². The average Bonchev–Trinajstić information content (AvgIpc) is 3.91. The molecule has 8 aromatic rings. The Kier molecular flexibility index (Phi) is 8.15. The number of fused-ring (bicyclic) bond motifs is 12. The summed E-state index contributed by atoms with van der Waals surface area (Å²) in [4.78, 5) is 4.92. The molecule has 1 saturated carbocycles. The number of rotatable bonds is 4. The molecular weight excluding hydrogens is 773 g/mol. The molecule has 0 amide bonds. The molecule has 1 spiro atoms. The van der Waals surface area contributed by atoms with E-state index in [0.29, 0.717) is 0 Å². The van der Waals surface area contributed by atoms with E-state index in [4.69, 9.17) is 0 Å². The van der Waals surface area contributed by atoms with E-state index in [-0.39, 0.29) is 10.8 Å². The Morgan fingerprint density at radius 3 is 1.17 bits per heavy atom. The third-order valence-corrected chi connectivity index (χ3v) is 15.1. The molecule has 0 saturated heterocycles. The largest absolute Gasteiger partial charge is 0.309 e. The highest BCUT2D eigenvalue weighted by Gasteiger charge is 2.45. The summed E-state index contributed by atoms with van der Waals surface area (Å²) in [6.07, 6.45) is 18.6. The van der Waals surface area contributed by atoms with E-state index in [1.807, 2.05) is 0 Å². The fourth-order valence-electron chi connectivity index (χ4n) is 11.9. The Hall–Kier alpha value is -7.42. The van der Waals surface area contributed by atoms with Gasteiger partial charge in [-0.3, -0.25) is 0 Å². The van der Waals surface area contributed by atoms with Gasteiger partial charge in [-0.05, 0) is 139 Å². The molecule has 1 fully saturated rings. The first-order valence-electron chi connectivity index (χ1n) is 23.0. The van der Waals surface area contributed by atoms with Gasteiger partial charge in [0, 0.05) is 22.2 Å². The predicted molar refractivity (Wildman–Crippen MR) is 271 cm³/mol. The lowest BCUT2D eigenvalue weighted by atomic mass is 9.76. The second-order valence-electron chi connectivity index (χ2n) is 18.9. The SMILES string of the molecule is CC1(C)c2cc(C=Cc3ccc4c(c3)C3(CCCC3)c3cc(N5c6ccccc6C=Cc6ccccc65)ccc3-4)ccc2-c2ccc(N3c4ccccc4C=Cc4ccccc43)cc21. The van der Waals surface area contributed by atoms with E-state index in [1.165, 1.54) is 138 Å². The lowest BCUT2D eigenvalue weighted by molar-refractivity contribution is 0.550. The van der Waals surface area contributed by atoms with E-state index >= 15 is 0 Å². The maximum absolute atomic E-state index is 2.53. The van der Waals surface area contributed by atoms with Crippen LogP contribution in [0.3, 0.4) is 0 Å². The molecule has 3 aliphatic carbocycles. The van der Waals surface area contributed by atoms with Crippen LogP contribution in [0.5, 0.6) is 0 Å². The van der Waals surface area contributed by atoms with Gasteiger partial charge in [-0.15, -0.1) is 0 Å². The van der Waals surface area contributed by atoms with Crippen molar-refractivity contribution in [2.75, 3.05) is 9.80 Å². The zero-order valence-corrected chi connectivity index (χ0v) is 36.4. The standard InChI is InChI=1S/C62H48N2/c1-61(2)53-37-41(23-31-49(53)50-33-29-47(39-54(50)61)63-57-17-7-3-13-43(57)25-26-44-14-4-8-18-58(44)63)21-22-42-24-32-51-52-34-30-48(40-56(52)62(55(51)38-42)35-11-12-36-62)64-59-19-9-5-15-45(59)27-28-46-16-6-10-20-60(46)64/h3-10,13-34,37-40H,11-12,35-36H2,1-2H3. The van der Waals surface area contributed by atoms with Gasteiger partial charge in [-0.25, -0.2) is 0 Å². The molecule has 2 heteroatoms. The fraction of sp³-hybridized carbons (Fsp3) is 0.129. The van der Waals surface area contributed by atoms with Crippen LogP contribution in [0.2, 0.25) is 0 Å². The zero-order chi connectivity index (χ0) is 42.6. The number of anilines is 6. The molecule has 5 aliphatic rings. The highest BCUT2D eigenvalue weighted by Crippen LogP contribution is 2.59. The quantitative estimate of drug-likeness (QED) is 0.163. The van der Waals surface area contributed by atoms with Crippen molar-refractivity contribution in [1.29, 1.82) is 0 Å². The maximum atomic E-state index is 2.53. The first-order valence-corrected chi connectivity index (χ1v) is 23.0. The second-order valence-corrected chi connectivity index (χ2v) is 18.9. The van der Waals surface area contributed by atoms with Crippen LogP contribution in [-0.2, 0) is 10.8 Å². The van der Waals surface area contributed by atoms with Crippen LogP contribution in [0, 0.1) is 0 Å². The van der Waals surface area contributed by atoms with Crippen LogP contribution in [0.15, 0.2) is 170 Å². The van der Waals surface area contributed by atoms with Gasteiger partial charge in [-0.1, -0.05) is 184 Å².